The number of halogens is 1. The zero-order valence-electron chi connectivity index (χ0n) is 9.70. The van der Waals surface area contributed by atoms with Crippen LogP contribution in [-0.2, 0) is 0 Å². The summed E-state index contributed by atoms with van der Waals surface area (Å²) in [5, 5.41) is 12.8. The van der Waals surface area contributed by atoms with E-state index in [-0.39, 0.29) is 5.75 Å². The molecule has 4 nitrogen and oxygen atoms in total. The Hall–Kier alpha value is -1.33. The lowest BCUT2D eigenvalue weighted by molar-refractivity contribution is 0.171. The van der Waals surface area contributed by atoms with Gasteiger partial charge in [-0.2, -0.15) is 0 Å². The lowest BCUT2D eigenvalue weighted by atomic mass is 10.1. The Balaban J connectivity index is 2.39. The molecule has 0 amide bonds. The van der Waals surface area contributed by atoms with Crippen LogP contribution < -0.4 is 14.8 Å². The fraction of sp³-hybridized carbons (Fsp3) is 0.500. The smallest absolute Gasteiger partial charge is 0.197 e. The third-order valence-electron chi connectivity index (χ3n) is 2.63. The highest BCUT2D eigenvalue weighted by Gasteiger charge is 2.22. The molecule has 1 aliphatic rings. The molecule has 1 aromatic rings. The van der Waals surface area contributed by atoms with Crippen molar-refractivity contribution in [1.29, 1.82) is 0 Å². The number of rotatable bonds is 3. The predicted molar refractivity (Wildman–Crippen MR) is 60.9 cm³/mol. The van der Waals surface area contributed by atoms with E-state index in [4.69, 9.17) is 9.47 Å². The fourth-order valence-corrected chi connectivity index (χ4v) is 1.81. The van der Waals surface area contributed by atoms with Crippen LogP contribution in [0.5, 0.6) is 11.5 Å². The molecule has 1 unspecified atom stereocenters. The lowest BCUT2D eigenvalue weighted by Gasteiger charge is -2.17. The average molecular weight is 241 g/mol. The van der Waals surface area contributed by atoms with Crippen molar-refractivity contribution in [3.8, 4) is 11.5 Å². The Kier molecular flexibility index (Phi) is 3.81. The van der Waals surface area contributed by atoms with Gasteiger partial charge >= 0.3 is 0 Å². The van der Waals surface area contributed by atoms with Gasteiger partial charge in [0, 0.05) is 18.5 Å². The third-order valence-corrected chi connectivity index (χ3v) is 2.63. The van der Waals surface area contributed by atoms with Crippen LogP contribution in [-0.4, -0.2) is 31.9 Å². The molecule has 0 fully saturated rings. The molecule has 0 aromatic heterocycles. The van der Waals surface area contributed by atoms with Gasteiger partial charge in [-0.25, -0.2) is 4.39 Å². The van der Waals surface area contributed by atoms with Crippen molar-refractivity contribution in [3.05, 3.63) is 23.5 Å². The second-order valence-electron chi connectivity index (χ2n) is 3.92. The van der Waals surface area contributed by atoms with Crippen molar-refractivity contribution in [2.24, 2.45) is 0 Å². The predicted octanol–water partition coefficient (Wildman–Crippen LogP) is 1.24. The monoisotopic (exact) mass is 241 g/mol. The molecule has 1 aliphatic heterocycles. The van der Waals surface area contributed by atoms with E-state index >= 15 is 0 Å². The van der Waals surface area contributed by atoms with E-state index in [0.717, 1.165) is 0 Å². The van der Waals surface area contributed by atoms with Crippen LogP contribution in [0, 0.1) is 5.82 Å². The molecule has 0 aliphatic carbocycles. The second kappa shape index (κ2) is 5.33. The Morgan fingerprint density at radius 3 is 2.76 bits per heavy atom. The molecule has 5 heteroatoms. The lowest BCUT2D eigenvalue weighted by Crippen LogP contribution is -2.17. The summed E-state index contributed by atoms with van der Waals surface area (Å²) in [6.45, 7) is 1.27. The minimum Gasteiger partial charge on any atom is -0.489 e. The Morgan fingerprint density at radius 2 is 2.06 bits per heavy atom. The van der Waals surface area contributed by atoms with Crippen molar-refractivity contribution in [2.45, 2.75) is 12.5 Å². The van der Waals surface area contributed by atoms with E-state index in [1.165, 1.54) is 12.1 Å². The highest BCUT2D eigenvalue weighted by Crippen LogP contribution is 2.38. The summed E-state index contributed by atoms with van der Waals surface area (Å²) in [6, 6.07) is 2.83. The van der Waals surface area contributed by atoms with Crippen molar-refractivity contribution in [2.75, 3.05) is 26.8 Å². The quantitative estimate of drug-likeness (QED) is 0.836. The molecule has 0 spiro atoms. The van der Waals surface area contributed by atoms with E-state index in [0.29, 0.717) is 37.5 Å². The first kappa shape index (κ1) is 12.1. The van der Waals surface area contributed by atoms with E-state index in [9.17, 15) is 9.50 Å². The summed E-state index contributed by atoms with van der Waals surface area (Å²) < 4.78 is 24.4. The molecule has 0 bridgehead atoms. The third kappa shape index (κ3) is 2.50. The SMILES string of the molecule is CNCC(O)c1ccc(F)c2c1OCCCO2. The number of ether oxygens (including phenoxy) is 2. The van der Waals surface area contributed by atoms with E-state index in [2.05, 4.69) is 5.32 Å². The molecule has 94 valence electrons. The summed E-state index contributed by atoms with van der Waals surface area (Å²) in [7, 11) is 1.74. The molecule has 0 saturated carbocycles. The van der Waals surface area contributed by atoms with Crippen LogP contribution in [0.4, 0.5) is 4.39 Å². The van der Waals surface area contributed by atoms with Crippen LogP contribution in [0.3, 0.4) is 0 Å². The topological polar surface area (TPSA) is 50.7 Å². The Morgan fingerprint density at radius 1 is 1.35 bits per heavy atom. The van der Waals surface area contributed by atoms with Gasteiger partial charge in [0.1, 0.15) is 0 Å². The Labute approximate surface area is 99.4 Å². The summed E-state index contributed by atoms with van der Waals surface area (Å²) in [5.74, 6) is -0.0253. The van der Waals surface area contributed by atoms with E-state index in [1.54, 1.807) is 7.05 Å². The zero-order chi connectivity index (χ0) is 12.3. The van der Waals surface area contributed by atoms with Crippen LogP contribution in [0.25, 0.3) is 0 Å². The van der Waals surface area contributed by atoms with Crippen molar-refractivity contribution in [3.63, 3.8) is 0 Å². The first-order valence-electron chi connectivity index (χ1n) is 5.64. The number of hydrogen-bond acceptors (Lipinski definition) is 4. The van der Waals surface area contributed by atoms with Gasteiger partial charge in [0.2, 0.25) is 0 Å². The molecule has 1 aromatic carbocycles. The number of fused-ring (bicyclic) bond motifs is 1. The minimum absolute atomic E-state index is 0.107. The molecule has 0 radical (unpaired) electrons. The molecule has 0 saturated heterocycles. The van der Waals surface area contributed by atoms with Crippen molar-refractivity contribution < 1.29 is 19.0 Å². The van der Waals surface area contributed by atoms with Crippen LogP contribution in [0.1, 0.15) is 18.1 Å². The van der Waals surface area contributed by atoms with Gasteiger partial charge in [0.05, 0.1) is 19.3 Å². The summed E-state index contributed by atoms with van der Waals surface area (Å²) in [5.41, 5.74) is 0.553. The summed E-state index contributed by atoms with van der Waals surface area (Å²) in [4.78, 5) is 0. The van der Waals surface area contributed by atoms with E-state index in [1.807, 2.05) is 0 Å². The van der Waals surface area contributed by atoms with Gasteiger partial charge in [-0.3, -0.25) is 0 Å². The number of aliphatic hydroxyl groups is 1. The summed E-state index contributed by atoms with van der Waals surface area (Å²) in [6.07, 6.45) is -0.0357. The van der Waals surface area contributed by atoms with Crippen molar-refractivity contribution in [1.82, 2.24) is 5.32 Å². The zero-order valence-corrected chi connectivity index (χ0v) is 9.70. The molecule has 2 rings (SSSR count). The van der Waals surface area contributed by atoms with Crippen LogP contribution in [0.15, 0.2) is 12.1 Å². The fourth-order valence-electron chi connectivity index (χ4n) is 1.81. The normalized spacial score (nSPS) is 16.4. The van der Waals surface area contributed by atoms with Crippen LogP contribution in [0.2, 0.25) is 0 Å². The van der Waals surface area contributed by atoms with Crippen molar-refractivity contribution >= 4 is 0 Å². The van der Waals surface area contributed by atoms with Gasteiger partial charge in [-0.15, -0.1) is 0 Å². The number of aliphatic hydroxyl groups excluding tert-OH is 1. The molecular weight excluding hydrogens is 225 g/mol. The maximum absolute atomic E-state index is 13.6. The first-order chi connectivity index (χ1) is 8.24. The number of nitrogens with one attached hydrogen (secondary N) is 1. The maximum atomic E-state index is 13.6. The van der Waals surface area contributed by atoms with Gasteiger partial charge in [-0.05, 0) is 19.2 Å². The molecule has 2 N–H and O–H groups in total. The first-order valence-corrected chi connectivity index (χ1v) is 5.64. The molecule has 17 heavy (non-hydrogen) atoms. The highest BCUT2D eigenvalue weighted by molar-refractivity contribution is 5.49. The van der Waals surface area contributed by atoms with Gasteiger partial charge < -0.3 is 19.9 Å². The van der Waals surface area contributed by atoms with Gasteiger partial charge in [-0.1, -0.05) is 0 Å². The highest BCUT2D eigenvalue weighted by atomic mass is 19.1. The van der Waals surface area contributed by atoms with Crippen LogP contribution >= 0.6 is 0 Å². The standard InChI is InChI=1S/C12H16FNO3/c1-14-7-10(15)8-3-4-9(13)12-11(8)16-5-2-6-17-12/h3-4,10,14-15H,2,5-7H2,1H3. The largest absolute Gasteiger partial charge is 0.489 e. The molecular formula is C12H16FNO3. The number of likely N-dealkylation sites (N-methyl/N-ethyl adjacent to an activating group) is 1. The average Bonchev–Trinajstić information content (AvgIpc) is 2.56. The number of hydrogen-bond donors (Lipinski definition) is 2. The van der Waals surface area contributed by atoms with E-state index < -0.39 is 11.9 Å². The molecule has 1 heterocycles. The summed E-state index contributed by atoms with van der Waals surface area (Å²) >= 11 is 0. The number of benzene rings is 1. The van der Waals surface area contributed by atoms with Gasteiger partial charge in [0.15, 0.2) is 17.3 Å². The Bertz CT molecular complexity index is 398. The molecule has 1 atom stereocenters. The maximum Gasteiger partial charge on any atom is 0.197 e. The second-order valence-corrected chi connectivity index (χ2v) is 3.92. The minimum atomic E-state index is -0.740. The van der Waals surface area contributed by atoms with Gasteiger partial charge in [0.25, 0.3) is 0 Å².